The molecule has 0 aromatic rings. The third-order valence-electron chi connectivity index (χ3n) is 3.20. The number of aliphatic carboxylic acids is 1. The maximum absolute atomic E-state index is 11.7. The average molecular weight is 263 g/mol. The molecule has 6 nitrogen and oxygen atoms in total. The van der Waals surface area contributed by atoms with Gasteiger partial charge in [-0.1, -0.05) is 0 Å². The molecule has 0 bridgehead atoms. The van der Waals surface area contributed by atoms with Crippen LogP contribution in [0.3, 0.4) is 0 Å². The molecule has 0 radical (unpaired) electrons. The van der Waals surface area contributed by atoms with E-state index in [0.717, 1.165) is 12.7 Å². The molecular weight excluding hydrogens is 246 g/mol. The normalized spacial score (nSPS) is 20.1. The largest absolute Gasteiger partial charge is 0.481 e. The van der Waals surface area contributed by atoms with Gasteiger partial charge in [-0.25, -0.2) is 8.42 Å². The smallest absolute Gasteiger partial charge is 0.305 e. The van der Waals surface area contributed by atoms with Crippen molar-refractivity contribution in [3.8, 4) is 0 Å². The first-order valence-electron chi connectivity index (χ1n) is 5.39. The number of carboxylic acids is 1. The van der Waals surface area contributed by atoms with Gasteiger partial charge in [-0.3, -0.25) is 9.59 Å². The van der Waals surface area contributed by atoms with Crippen LogP contribution >= 0.6 is 0 Å². The van der Waals surface area contributed by atoms with E-state index in [1.54, 1.807) is 0 Å². The maximum atomic E-state index is 11.7. The lowest BCUT2D eigenvalue weighted by molar-refractivity contribution is -0.140. The highest BCUT2D eigenvalue weighted by Crippen LogP contribution is 2.35. The van der Waals surface area contributed by atoms with E-state index in [2.05, 4.69) is 5.32 Å². The highest BCUT2D eigenvalue weighted by atomic mass is 32.2. The van der Waals surface area contributed by atoms with Gasteiger partial charge in [0, 0.05) is 6.26 Å². The van der Waals surface area contributed by atoms with Crippen LogP contribution in [0, 0.1) is 0 Å². The minimum atomic E-state index is -3.45. The Balaban J connectivity index is 2.70. The molecule has 0 aromatic heterocycles. The summed E-state index contributed by atoms with van der Waals surface area (Å²) < 4.78 is 22.4. The zero-order valence-electron chi connectivity index (χ0n) is 9.89. The standard InChI is InChI=1S/C10H17NO5S/c1-7(17(2,15)16)9(14)11-10(4-3-5-10)6-8(12)13/h7H,3-6H2,1-2H3,(H,11,14)(H,12,13). The topological polar surface area (TPSA) is 101 Å². The Kier molecular flexibility index (Phi) is 3.81. The first kappa shape index (κ1) is 14.0. The predicted octanol–water partition coefficient (Wildman–Crippen LogP) is -0.0669. The summed E-state index contributed by atoms with van der Waals surface area (Å²) in [4.78, 5) is 22.4. The van der Waals surface area contributed by atoms with E-state index < -0.39 is 32.5 Å². The number of hydrogen-bond acceptors (Lipinski definition) is 4. The quantitative estimate of drug-likeness (QED) is 0.723. The summed E-state index contributed by atoms with van der Waals surface area (Å²) in [5, 5.41) is 10.2. The van der Waals surface area contributed by atoms with Crippen molar-refractivity contribution in [3.63, 3.8) is 0 Å². The monoisotopic (exact) mass is 263 g/mol. The van der Waals surface area contributed by atoms with Gasteiger partial charge in [0.05, 0.1) is 12.0 Å². The van der Waals surface area contributed by atoms with E-state index in [1.807, 2.05) is 0 Å². The fourth-order valence-corrected chi connectivity index (χ4v) is 2.24. The molecule has 1 aliphatic rings. The van der Waals surface area contributed by atoms with Crippen LogP contribution in [0.1, 0.15) is 32.6 Å². The third kappa shape index (κ3) is 3.42. The van der Waals surface area contributed by atoms with Gasteiger partial charge in [-0.05, 0) is 26.2 Å². The average Bonchev–Trinajstić information content (AvgIpc) is 2.10. The fourth-order valence-electron chi connectivity index (χ4n) is 1.80. The van der Waals surface area contributed by atoms with Gasteiger partial charge in [0.2, 0.25) is 5.91 Å². The van der Waals surface area contributed by atoms with E-state index in [1.165, 1.54) is 6.92 Å². The van der Waals surface area contributed by atoms with Crippen LogP contribution in [0.25, 0.3) is 0 Å². The Bertz CT molecular complexity index is 424. The van der Waals surface area contributed by atoms with Crippen molar-refractivity contribution in [1.29, 1.82) is 0 Å². The minimum Gasteiger partial charge on any atom is -0.481 e. The highest BCUT2D eigenvalue weighted by molar-refractivity contribution is 7.92. The molecule has 0 saturated heterocycles. The van der Waals surface area contributed by atoms with Crippen molar-refractivity contribution in [2.75, 3.05) is 6.26 Å². The van der Waals surface area contributed by atoms with Crippen molar-refractivity contribution in [2.24, 2.45) is 0 Å². The van der Waals surface area contributed by atoms with Gasteiger partial charge in [0.25, 0.3) is 0 Å². The molecule has 0 aromatic carbocycles. The van der Waals surface area contributed by atoms with E-state index in [9.17, 15) is 18.0 Å². The molecule has 1 aliphatic carbocycles. The van der Waals surface area contributed by atoms with Crippen LogP contribution in [0.5, 0.6) is 0 Å². The predicted molar refractivity (Wildman–Crippen MR) is 61.3 cm³/mol. The number of rotatable bonds is 5. The zero-order chi connectivity index (χ0) is 13.3. The summed E-state index contributed by atoms with van der Waals surface area (Å²) in [6, 6.07) is 0. The molecule has 17 heavy (non-hydrogen) atoms. The van der Waals surface area contributed by atoms with Crippen LogP contribution in [0.2, 0.25) is 0 Å². The second kappa shape index (κ2) is 4.64. The number of carbonyl (C=O) groups excluding carboxylic acids is 1. The van der Waals surface area contributed by atoms with E-state index in [0.29, 0.717) is 12.8 Å². The van der Waals surface area contributed by atoms with Crippen LogP contribution in [0.4, 0.5) is 0 Å². The van der Waals surface area contributed by atoms with Crippen molar-refractivity contribution >= 4 is 21.7 Å². The zero-order valence-corrected chi connectivity index (χ0v) is 10.7. The fraction of sp³-hybridized carbons (Fsp3) is 0.800. The molecule has 1 rings (SSSR count). The molecule has 98 valence electrons. The molecule has 2 N–H and O–H groups in total. The first-order valence-corrected chi connectivity index (χ1v) is 7.34. The Morgan fingerprint density at radius 3 is 2.24 bits per heavy atom. The number of amides is 1. The molecule has 0 spiro atoms. The van der Waals surface area contributed by atoms with Crippen LogP contribution < -0.4 is 5.32 Å². The Hall–Kier alpha value is -1.11. The second-order valence-corrected chi connectivity index (χ2v) is 7.03. The Morgan fingerprint density at radius 2 is 1.94 bits per heavy atom. The van der Waals surface area contributed by atoms with Crippen molar-refractivity contribution in [1.82, 2.24) is 5.32 Å². The number of carboxylic acid groups (broad SMARTS) is 1. The van der Waals surface area contributed by atoms with E-state index >= 15 is 0 Å². The summed E-state index contributed by atoms with van der Waals surface area (Å²) in [6.07, 6.45) is 2.85. The first-order chi connectivity index (χ1) is 7.66. The van der Waals surface area contributed by atoms with Gasteiger partial charge < -0.3 is 10.4 Å². The summed E-state index contributed by atoms with van der Waals surface area (Å²) in [6.45, 7) is 1.30. The molecule has 7 heteroatoms. The summed E-state index contributed by atoms with van der Waals surface area (Å²) in [7, 11) is -3.45. The second-order valence-electron chi connectivity index (χ2n) is 4.67. The molecule has 1 unspecified atom stereocenters. The van der Waals surface area contributed by atoms with Gasteiger partial charge >= 0.3 is 5.97 Å². The number of hydrogen-bond donors (Lipinski definition) is 2. The maximum Gasteiger partial charge on any atom is 0.305 e. The third-order valence-corrected chi connectivity index (χ3v) is 4.70. The SMILES string of the molecule is CC(C(=O)NC1(CC(=O)O)CCC1)S(C)(=O)=O. The highest BCUT2D eigenvalue weighted by Gasteiger charge is 2.41. The Labute approximate surface area is 100 Å². The molecule has 1 amide bonds. The number of sulfone groups is 1. The molecule has 1 saturated carbocycles. The molecule has 1 atom stereocenters. The number of nitrogens with one attached hydrogen (secondary N) is 1. The van der Waals surface area contributed by atoms with Crippen LogP contribution in [0.15, 0.2) is 0 Å². The van der Waals surface area contributed by atoms with Crippen molar-refractivity contribution in [3.05, 3.63) is 0 Å². The van der Waals surface area contributed by atoms with Gasteiger partial charge in [-0.2, -0.15) is 0 Å². The van der Waals surface area contributed by atoms with Gasteiger partial charge in [0.1, 0.15) is 5.25 Å². The van der Waals surface area contributed by atoms with Crippen molar-refractivity contribution in [2.45, 2.75) is 43.4 Å². The Morgan fingerprint density at radius 1 is 1.41 bits per heavy atom. The summed E-state index contributed by atoms with van der Waals surface area (Å²) in [5.74, 6) is -1.61. The molecule has 0 aliphatic heterocycles. The minimum absolute atomic E-state index is 0.158. The van der Waals surface area contributed by atoms with E-state index in [-0.39, 0.29) is 6.42 Å². The lowest BCUT2D eigenvalue weighted by Gasteiger charge is -2.41. The van der Waals surface area contributed by atoms with Crippen LogP contribution in [-0.2, 0) is 19.4 Å². The molecular formula is C10H17NO5S. The van der Waals surface area contributed by atoms with Gasteiger partial charge in [-0.15, -0.1) is 0 Å². The molecule has 0 heterocycles. The summed E-state index contributed by atoms with van der Waals surface area (Å²) in [5.41, 5.74) is -0.748. The lowest BCUT2D eigenvalue weighted by atomic mass is 9.74. The van der Waals surface area contributed by atoms with Gasteiger partial charge in [0.15, 0.2) is 9.84 Å². The summed E-state index contributed by atoms with van der Waals surface area (Å²) >= 11 is 0. The van der Waals surface area contributed by atoms with Crippen molar-refractivity contribution < 1.29 is 23.1 Å². The van der Waals surface area contributed by atoms with E-state index in [4.69, 9.17) is 5.11 Å². The number of carbonyl (C=O) groups is 2. The lowest BCUT2D eigenvalue weighted by Crippen LogP contribution is -2.57. The van der Waals surface area contributed by atoms with Crippen LogP contribution in [-0.4, -0.2) is 42.4 Å². The molecule has 1 fully saturated rings.